The van der Waals surface area contributed by atoms with Crippen LogP contribution in [0.15, 0.2) is 21.6 Å². The molecule has 8 nitrogen and oxygen atoms in total. The van der Waals surface area contributed by atoms with Crippen LogP contribution in [0.25, 0.3) is 0 Å². The van der Waals surface area contributed by atoms with Gasteiger partial charge in [0, 0.05) is 20.6 Å². The van der Waals surface area contributed by atoms with Crippen molar-refractivity contribution in [2.24, 2.45) is 11.8 Å². The first kappa shape index (κ1) is 17.0. The number of carbonyl (C=O) groups is 2. The average Bonchev–Trinajstić information content (AvgIpc) is 3.20. The van der Waals surface area contributed by atoms with E-state index in [0.717, 1.165) is 23.6 Å². The number of fused-ring (bicyclic) bond motifs is 1. The van der Waals surface area contributed by atoms with E-state index in [0.29, 0.717) is 6.54 Å². The van der Waals surface area contributed by atoms with Crippen molar-refractivity contribution in [3.05, 3.63) is 17.9 Å². The molecule has 2 aliphatic rings. The van der Waals surface area contributed by atoms with E-state index in [2.05, 4.69) is 0 Å². The minimum atomic E-state index is -3.78. The minimum absolute atomic E-state index is 0.0357. The zero-order valence-electron chi connectivity index (χ0n) is 13.5. The molecule has 9 heteroatoms. The number of carboxylic acid groups (broad SMARTS) is 1. The minimum Gasteiger partial charge on any atom is -0.480 e. The van der Waals surface area contributed by atoms with Gasteiger partial charge in [-0.1, -0.05) is 6.42 Å². The number of aliphatic carboxylic acids is 1. The molecule has 0 bridgehead atoms. The van der Waals surface area contributed by atoms with Gasteiger partial charge in [0.1, 0.15) is 6.04 Å². The molecule has 2 heterocycles. The summed E-state index contributed by atoms with van der Waals surface area (Å²) in [5.74, 6) is -1.59. The van der Waals surface area contributed by atoms with Crippen LogP contribution in [0.2, 0.25) is 0 Å². The lowest BCUT2D eigenvalue weighted by Crippen LogP contribution is -2.43. The predicted molar refractivity (Wildman–Crippen MR) is 82.9 cm³/mol. The Morgan fingerprint density at radius 3 is 2.62 bits per heavy atom. The molecule has 2 fully saturated rings. The molecule has 1 aromatic rings. The molecule has 3 atom stereocenters. The Kier molecular flexibility index (Phi) is 4.16. The van der Waals surface area contributed by atoms with Gasteiger partial charge >= 0.3 is 5.97 Å². The fourth-order valence-electron chi connectivity index (χ4n) is 3.73. The predicted octanol–water partition coefficient (Wildman–Crippen LogP) is 0.855. The third kappa shape index (κ3) is 2.61. The van der Waals surface area contributed by atoms with E-state index < -0.39 is 27.9 Å². The first-order valence-corrected chi connectivity index (χ1v) is 9.23. The number of carbonyl (C=O) groups excluding carboxylic acids is 1. The first-order chi connectivity index (χ1) is 11.2. The largest absolute Gasteiger partial charge is 0.480 e. The third-order valence-corrected chi connectivity index (χ3v) is 6.62. The molecule has 1 amide bonds. The molecular formula is C15H20N2O6S. The summed E-state index contributed by atoms with van der Waals surface area (Å²) >= 11 is 0. The highest BCUT2D eigenvalue weighted by molar-refractivity contribution is 7.88. The van der Waals surface area contributed by atoms with Gasteiger partial charge in [-0.2, -0.15) is 0 Å². The molecule has 1 N–H and O–H groups in total. The highest BCUT2D eigenvalue weighted by Gasteiger charge is 2.50. The standard InChI is InChI=1S/C15H20N2O6S/c1-16(2)24(21,22)12-7-6-11(23-12)14(18)17-8-9-4-3-5-10(9)13(17)15(19)20/h6-7,9-10,13H,3-5,8H2,1-2H3,(H,19,20). The second kappa shape index (κ2) is 5.89. The second-order valence-corrected chi connectivity index (χ2v) is 8.58. The lowest BCUT2D eigenvalue weighted by molar-refractivity contribution is -0.142. The van der Waals surface area contributed by atoms with Crippen LogP contribution in [0.3, 0.4) is 0 Å². The van der Waals surface area contributed by atoms with Gasteiger partial charge in [-0.3, -0.25) is 4.79 Å². The number of hydrogen-bond acceptors (Lipinski definition) is 5. The lowest BCUT2D eigenvalue weighted by atomic mass is 9.94. The molecule has 1 saturated carbocycles. The van der Waals surface area contributed by atoms with Crippen LogP contribution in [0, 0.1) is 11.8 Å². The number of furan rings is 1. The van der Waals surface area contributed by atoms with Crippen LogP contribution in [0.1, 0.15) is 29.8 Å². The Morgan fingerprint density at radius 1 is 1.29 bits per heavy atom. The van der Waals surface area contributed by atoms with Crippen molar-refractivity contribution in [2.75, 3.05) is 20.6 Å². The monoisotopic (exact) mass is 356 g/mol. The molecule has 0 radical (unpaired) electrons. The molecular weight excluding hydrogens is 336 g/mol. The Labute approximate surface area is 140 Å². The van der Waals surface area contributed by atoms with Crippen molar-refractivity contribution in [3.8, 4) is 0 Å². The smallest absolute Gasteiger partial charge is 0.326 e. The summed E-state index contributed by atoms with van der Waals surface area (Å²) in [6.45, 7) is 0.372. The third-order valence-electron chi connectivity index (χ3n) is 4.93. The second-order valence-electron chi connectivity index (χ2n) is 6.50. The fraction of sp³-hybridized carbons (Fsp3) is 0.600. The van der Waals surface area contributed by atoms with Crippen molar-refractivity contribution in [1.29, 1.82) is 0 Å². The van der Waals surface area contributed by atoms with Gasteiger partial charge < -0.3 is 14.4 Å². The van der Waals surface area contributed by atoms with Crippen LogP contribution >= 0.6 is 0 Å². The Bertz CT molecular complexity index is 769. The maximum Gasteiger partial charge on any atom is 0.326 e. The zero-order chi connectivity index (χ0) is 17.6. The van der Waals surface area contributed by atoms with Gasteiger partial charge in [-0.15, -0.1) is 0 Å². The number of hydrogen-bond donors (Lipinski definition) is 1. The molecule has 0 aromatic carbocycles. The summed E-state index contributed by atoms with van der Waals surface area (Å²) in [5.41, 5.74) is 0. The Morgan fingerprint density at radius 2 is 2.00 bits per heavy atom. The number of nitrogens with zero attached hydrogens (tertiary/aromatic N) is 2. The van der Waals surface area contributed by atoms with Gasteiger partial charge in [0.25, 0.3) is 15.9 Å². The van der Waals surface area contributed by atoms with Crippen molar-refractivity contribution < 1.29 is 27.5 Å². The van der Waals surface area contributed by atoms with Gasteiger partial charge in [0.15, 0.2) is 5.76 Å². The summed E-state index contributed by atoms with van der Waals surface area (Å²) in [6.07, 6.45) is 2.69. The van der Waals surface area contributed by atoms with E-state index in [9.17, 15) is 23.1 Å². The van der Waals surface area contributed by atoms with Crippen molar-refractivity contribution in [3.63, 3.8) is 0 Å². The molecule has 24 heavy (non-hydrogen) atoms. The Hall–Kier alpha value is -1.87. The summed E-state index contributed by atoms with van der Waals surface area (Å²) in [7, 11) is -1.05. The lowest BCUT2D eigenvalue weighted by Gasteiger charge is -2.23. The topological polar surface area (TPSA) is 108 Å². The zero-order valence-corrected chi connectivity index (χ0v) is 14.3. The summed E-state index contributed by atoms with van der Waals surface area (Å²) in [6, 6.07) is 1.63. The molecule has 0 spiro atoms. The molecule has 1 aliphatic heterocycles. The van der Waals surface area contributed by atoms with Crippen LogP contribution in [0.4, 0.5) is 0 Å². The first-order valence-electron chi connectivity index (χ1n) is 7.79. The van der Waals surface area contributed by atoms with Crippen LogP contribution in [0.5, 0.6) is 0 Å². The highest BCUT2D eigenvalue weighted by Crippen LogP contribution is 2.42. The summed E-state index contributed by atoms with van der Waals surface area (Å²) < 4.78 is 30.3. The summed E-state index contributed by atoms with van der Waals surface area (Å²) in [5, 5.41) is 9.18. The van der Waals surface area contributed by atoms with Gasteiger partial charge in [0.05, 0.1) is 0 Å². The number of amides is 1. The highest BCUT2D eigenvalue weighted by atomic mass is 32.2. The molecule has 1 saturated heterocycles. The van der Waals surface area contributed by atoms with E-state index in [1.54, 1.807) is 0 Å². The number of sulfonamides is 1. The van der Waals surface area contributed by atoms with E-state index in [1.165, 1.54) is 31.1 Å². The van der Waals surface area contributed by atoms with E-state index >= 15 is 0 Å². The van der Waals surface area contributed by atoms with Gasteiger partial charge in [-0.05, 0) is 36.8 Å². The Balaban J connectivity index is 1.87. The molecule has 1 aliphatic carbocycles. The number of rotatable bonds is 4. The number of likely N-dealkylation sites (tertiary alicyclic amines) is 1. The number of carboxylic acids is 1. The van der Waals surface area contributed by atoms with Crippen molar-refractivity contribution in [2.45, 2.75) is 30.4 Å². The van der Waals surface area contributed by atoms with Crippen LogP contribution < -0.4 is 0 Å². The normalized spacial score (nSPS) is 26.8. The van der Waals surface area contributed by atoms with Gasteiger partial charge in [0.2, 0.25) is 5.09 Å². The van der Waals surface area contributed by atoms with E-state index in [1.807, 2.05) is 0 Å². The SMILES string of the molecule is CN(C)S(=O)(=O)c1ccc(C(=O)N2CC3CCCC3C2C(=O)O)o1. The van der Waals surface area contributed by atoms with E-state index in [-0.39, 0.29) is 22.7 Å². The average molecular weight is 356 g/mol. The van der Waals surface area contributed by atoms with E-state index in [4.69, 9.17) is 4.42 Å². The maximum absolute atomic E-state index is 12.7. The molecule has 3 unspecified atom stereocenters. The fourth-order valence-corrected chi connectivity index (χ4v) is 4.52. The molecule has 1 aromatic heterocycles. The van der Waals surface area contributed by atoms with Crippen molar-refractivity contribution >= 4 is 21.9 Å². The van der Waals surface area contributed by atoms with Crippen molar-refractivity contribution in [1.82, 2.24) is 9.21 Å². The molecule has 3 rings (SSSR count). The molecule has 132 valence electrons. The summed E-state index contributed by atoms with van der Waals surface area (Å²) in [4.78, 5) is 25.6. The quantitative estimate of drug-likeness (QED) is 0.857. The van der Waals surface area contributed by atoms with Gasteiger partial charge in [-0.25, -0.2) is 17.5 Å². The maximum atomic E-state index is 12.7. The van der Waals surface area contributed by atoms with Crippen LogP contribution in [-0.4, -0.2) is 61.3 Å². The van der Waals surface area contributed by atoms with Crippen LogP contribution in [-0.2, 0) is 14.8 Å².